The number of hydrogen-bond acceptors (Lipinski definition) is 0. The molecule has 1 unspecified atom stereocenters. The monoisotopic (exact) mass is 190 g/mol. The molecule has 1 aromatic heterocycles. The second kappa shape index (κ2) is 3.45. The van der Waals surface area contributed by atoms with Gasteiger partial charge in [-0.2, -0.15) is 0 Å². The maximum atomic E-state index is 13.0. The number of hydrogen-bond donors (Lipinski definition) is 0. The molecule has 0 amide bonds. The molecule has 1 atom stereocenters. The second-order valence-corrected chi connectivity index (χ2v) is 3.50. The van der Waals surface area contributed by atoms with E-state index in [0.717, 1.165) is 10.9 Å². The maximum Gasteiger partial charge on any atom is 0.125 e. The standard InChI is InChI=1S/C12H13FN/c1-3-9(2)14-7-6-10-4-5-11(13)8-12(10)14/h3-9H,1-2H3. The number of rotatable bonds is 2. The molecule has 0 saturated heterocycles. The van der Waals surface area contributed by atoms with Crippen LogP contribution in [0.3, 0.4) is 0 Å². The Kier molecular flexibility index (Phi) is 2.28. The van der Waals surface area contributed by atoms with E-state index in [9.17, 15) is 4.39 Å². The zero-order valence-corrected chi connectivity index (χ0v) is 8.37. The molecule has 1 aromatic carbocycles. The number of fused-ring (bicyclic) bond motifs is 1. The van der Waals surface area contributed by atoms with Crippen LogP contribution in [0, 0.1) is 12.2 Å². The number of benzene rings is 1. The molecule has 0 saturated carbocycles. The smallest absolute Gasteiger partial charge is 0.125 e. The molecular formula is C12H13FN. The van der Waals surface area contributed by atoms with Crippen molar-refractivity contribution < 1.29 is 4.39 Å². The van der Waals surface area contributed by atoms with Gasteiger partial charge in [0, 0.05) is 12.2 Å². The van der Waals surface area contributed by atoms with Crippen LogP contribution in [0.25, 0.3) is 10.9 Å². The molecule has 14 heavy (non-hydrogen) atoms. The van der Waals surface area contributed by atoms with Crippen molar-refractivity contribution in [2.75, 3.05) is 0 Å². The van der Waals surface area contributed by atoms with Gasteiger partial charge in [-0.3, -0.25) is 0 Å². The molecule has 73 valence electrons. The largest absolute Gasteiger partial charge is 0.344 e. The van der Waals surface area contributed by atoms with Crippen LogP contribution in [0.15, 0.2) is 30.5 Å². The fourth-order valence-electron chi connectivity index (χ4n) is 1.64. The fourth-order valence-corrected chi connectivity index (χ4v) is 1.64. The van der Waals surface area contributed by atoms with Gasteiger partial charge in [0.2, 0.25) is 0 Å². The van der Waals surface area contributed by atoms with E-state index in [1.165, 1.54) is 6.07 Å². The highest BCUT2D eigenvalue weighted by Crippen LogP contribution is 2.21. The molecule has 0 spiro atoms. The molecule has 1 heterocycles. The first-order chi connectivity index (χ1) is 6.72. The van der Waals surface area contributed by atoms with Crippen LogP contribution in [-0.4, -0.2) is 4.57 Å². The van der Waals surface area contributed by atoms with Crippen molar-refractivity contribution in [2.45, 2.75) is 19.9 Å². The summed E-state index contributed by atoms with van der Waals surface area (Å²) in [6.45, 7) is 4.10. The van der Waals surface area contributed by atoms with E-state index < -0.39 is 0 Å². The van der Waals surface area contributed by atoms with Gasteiger partial charge in [-0.25, -0.2) is 4.39 Å². The molecule has 2 aromatic rings. The molecule has 1 radical (unpaired) electrons. The Labute approximate surface area is 83.2 Å². The Bertz CT molecular complexity index is 445. The van der Waals surface area contributed by atoms with Gasteiger partial charge >= 0.3 is 0 Å². The van der Waals surface area contributed by atoms with Crippen molar-refractivity contribution in [3.05, 3.63) is 42.7 Å². The van der Waals surface area contributed by atoms with Crippen molar-refractivity contribution in [2.24, 2.45) is 0 Å². The minimum absolute atomic E-state index is 0.180. The molecule has 0 bridgehead atoms. The van der Waals surface area contributed by atoms with Gasteiger partial charge in [-0.15, -0.1) is 0 Å². The number of aromatic nitrogens is 1. The summed E-state index contributed by atoms with van der Waals surface area (Å²) in [6.07, 6.45) is 4.08. The third-order valence-corrected chi connectivity index (χ3v) is 2.61. The van der Waals surface area contributed by atoms with Crippen LogP contribution in [0.1, 0.15) is 19.9 Å². The van der Waals surface area contributed by atoms with Crippen molar-refractivity contribution in [3.8, 4) is 0 Å². The van der Waals surface area contributed by atoms with Crippen molar-refractivity contribution in [3.63, 3.8) is 0 Å². The van der Waals surface area contributed by atoms with Gasteiger partial charge in [0.15, 0.2) is 0 Å². The lowest BCUT2D eigenvalue weighted by Gasteiger charge is -2.12. The molecule has 2 heteroatoms. The third kappa shape index (κ3) is 1.41. The Balaban J connectivity index is 2.61. The summed E-state index contributed by atoms with van der Waals surface area (Å²) in [7, 11) is 0. The molecule has 0 aliphatic carbocycles. The summed E-state index contributed by atoms with van der Waals surface area (Å²) in [5.74, 6) is -0.180. The fraction of sp³-hybridized carbons (Fsp3) is 0.250. The average Bonchev–Trinajstić information content (AvgIpc) is 2.59. The Morgan fingerprint density at radius 2 is 2.14 bits per heavy atom. The lowest BCUT2D eigenvalue weighted by atomic mass is 10.2. The lowest BCUT2D eigenvalue weighted by molar-refractivity contribution is 0.620. The summed E-state index contributed by atoms with van der Waals surface area (Å²) < 4.78 is 15.1. The van der Waals surface area contributed by atoms with E-state index in [0.29, 0.717) is 6.04 Å². The van der Waals surface area contributed by atoms with Gasteiger partial charge in [0.05, 0.1) is 5.52 Å². The van der Waals surface area contributed by atoms with Crippen molar-refractivity contribution in [1.82, 2.24) is 4.57 Å². The summed E-state index contributed by atoms with van der Waals surface area (Å²) in [5.41, 5.74) is 0.954. The van der Waals surface area contributed by atoms with Crippen LogP contribution in [0.4, 0.5) is 4.39 Å². The topological polar surface area (TPSA) is 4.93 Å². The van der Waals surface area contributed by atoms with E-state index in [2.05, 4.69) is 17.9 Å². The van der Waals surface area contributed by atoms with Gasteiger partial charge in [-0.1, -0.05) is 6.92 Å². The van der Waals surface area contributed by atoms with Gasteiger partial charge in [-0.05, 0) is 43.0 Å². The highest BCUT2D eigenvalue weighted by Gasteiger charge is 2.06. The molecular weight excluding hydrogens is 177 g/mol. The molecule has 0 aliphatic rings. The first-order valence-corrected chi connectivity index (χ1v) is 4.78. The van der Waals surface area contributed by atoms with Crippen LogP contribution in [-0.2, 0) is 0 Å². The molecule has 1 nitrogen and oxygen atoms in total. The zero-order chi connectivity index (χ0) is 10.1. The summed E-state index contributed by atoms with van der Waals surface area (Å²) >= 11 is 0. The van der Waals surface area contributed by atoms with Crippen molar-refractivity contribution in [1.29, 1.82) is 0 Å². The number of nitrogens with zero attached hydrogens (tertiary/aromatic N) is 1. The number of halogens is 1. The van der Waals surface area contributed by atoms with Crippen LogP contribution in [0.2, 0.25) is 0 Å². The van der Waals surface area contributed by atoms with E-state index in [1.807, 2.05) is 25.3 Å². The molecule has 0 N–H and O–H groups in total. The average molecular weight is 190 g/mol. The maximum absolute atomic E-state index is 13.0. The van der Waals surface area contributed by atoms with E-state index in [-0.39, 0.29) is 5.82 Å². The lowest BCUT2D eigenvalue weighted by Crippen LogP contribution is -2.02. The predicted molar refractivity (Wildman–Crippen MR) is 56.6 cm³/mol. The Morgan fingerprint density at radius 3 is 2.86 bits per heavy atom. The minimum atomic E-state index is -0.180. The minimum Gasteiger partial charge on any atom is -0.344 e. The molecule has 0 fully saturated rings. The third-order valence-electron chi connectivity index (χ3n) is 2.61. The Morgan fingerprint density at radius 1 is 1.36 bits per heavy atom. The second-order valence-electron chi connectivity index (χ2n) is 3.50. The van der Waals surface area contributed by atoms with Crippen molar-refractivity contribution >= 4 is 10.9 Å². The highest BCUT2D eigenvalue weighted by molar-refractivity contribution is 5.80. The molecule has 0 aliphatic heterocycles. The van der Waals surface area contributed by atoms with Gasteiger partial charge < -0.3 is 4.57 Å². The first-order valence-electron chi connectivity index (χ1n) is 4.78. The van der Waals surface area contributed by atoms with E-state index in [1.54, 1.807) is 6.07 Å². The normalized spacial score (nSPS) is 13.4. The first kappa shape index (κ1) is 9.25. The van der Waals surface area contributed by atoms with Gasteiger partial charge in [0.25, 0.3) is 0 Å². The summed E-state index contributed by atoms with van der Waals surface area (Å²) in [6, 6.07) is 7.19. The highest BCUT2D eigenvalue weighted by atomic mass is 19.1. The zero-order valence-electron chi connectivity index (χ0n) is 8.37. The van der Waals surface area contributed by atoms with E-state index >= 15 is 0 Å². The van der Waals surface area contributed by atoms with Crippen LogP contribution >= 0.6 is 0 Å². The summed E-state index contributed by atoms with van der Waals surface area (Å²) in [4.78, 5) is 0. The molecule has 2 rings (SSSR count). The Hall–Kier alpha value is -1.31. The van der Waals surface area contributed by atoms with Crippen LogP contribution < -0.4 is 0 Å². The summed E-state index contributed by atoms with van der Waals surface area (Å²) in [5, 5.41) is 1.08. The predicted octanol–water partition coefficient (Wildman–Crippen LogP) is 3.57. The van der Waals surface area contributed by atoms with Crippen LogP contribution in [0.5, 0.6) is 0 Å². The quantitative estimate of drug-likeness (QED) is 0.682. The SMILES string of the molecule is C[CH]C(C)n1ccc2ccc(F)cc21. The van der Waals surface area contributed by atoms with E-state index in [4.69, 9.17) is 0 Å². The van der Waals surface area contributed by atoms with Gasteiger partial charge in [0.1, 0.15) is 5.82 Å².